The quantitative estimate of drug-likeness (QED) is 0.0166. The number of nitrogens with one attached hydrogen (secondary N) is 2. The number of carbonyl (C=O) groups excluding carboxylic acids is 3. The van der Waals surface area contributed by atoms with Crippen LogP contribution in [0.1, 0.15) is 27.9 Å². The topological polar surface area (TPSA) is 149 Å². The van der Waals surface area contributed by atoms with Gasteiger partial charge in [0.1, 0.15) is 42.1 Å². The number of thioether (sulfide) groups is 2. The van der Waals surface area contributed by atoms with Gasteiger partial charge in [-0.1, -0.05) is 103 Å². The number of aromatic nitrogens is 2. The number of thiazole rings is 1. The summed E-state index contributed by atoms with van der Waals surface area (Å²) in [6.07, 6.45) is 3.88. The number of β-lactam (4-membered cyclic amide) rings is 1. The number of nitrogens with zero attached hydrogens (tertiary/aromatic N) is 3. The van der Waals surface area contributed by atoms with Gasteiger partial charge < -0.3 is 53.1 Å². The van der Waals surface area contributed by atoms with Gasteiger partial charge >= 0.3 is 13.6 Å². The van der Waals surface area contributed by atoms with Gasteiger partial charge in [-0.15, -0.1) is 34.9 Å². The van der Waals surface area contributed by atoms with Crippen LogP contribution < -0.4 is 43.9 Å². The van der Waals surface area contributed by atoms with E-state index in [0.717, 1.165) is 38.5 Å². The van der Waals surface area contributed by atoms with Crippen molar-refractivity contribution in [2.24, 2.45) is 7.05 Å². The van der Waals surface area contributed by atoms with Crippen molar-refractivity contribution in [3.8, 4) is 5.75 Å². The molecule has 18 heteroatoms. The minimum absolute atomic E-state index is 0. The molecule has 0 unspecified atom stereocenters. The zero-order valence-electron chi connectivity index (χ0n) is 36.9. The lowest BCUT2D eigenvalue weighted by Crippen LogP contribution is -3.00. The Bertz CT molecular complexity index is 2700. The molecule has 8 rings (SSSR count). The largest absolute Gasteiger partial charge is 1.00 e. The van der Waals surface area contributed by atoms with E-state index in [4.69, 9.17) is 23.5 Å². The van der Waals surface area contributed by atoms with Gasteiger partial charge in [0.05, 0.1) is 18.4 Å². The molecule has 1 fully saturated rings. The number of amides is 2. The van der Waals surface area contributed by atoms with Crippen LogP contribution in [0.3, 0.4) is 0 Å². The molecule has 6 aromatic rings. The van der Waals surface area contributed by atoms with Crippen LogP contribution in [0.2, 0.25) is 0 Å². The number of methoxy groups -OCH3 is 1. The average Bonchev–Trinajstić information content (AvgIpc) is 3.84. The third-order valence-electron chi connectivity index (χ3n) is 11.2. The van der Waals surface area contributed by atoms with E-state index in [1.807, 2.05) is 127 Å². The zero-order valence-corrected chi connectivity index (χ0v) is 42.4. The normalized spacial score (nSPS) is 16.0. The van der Waals surface area contributed by atoms with E-state index in [0.29, 0.717) is 22.4 Å². The second kappa shape index (κ2) is 22.2. The van der Waals surface area contributed by atoms with Crippen molar-refractivity contribution < 1.29 is 66.0 Å². The Kier molecular flexibility index (Phi) is 16.5. The molecule has 346 valence electrons. The average molecular weight is 1090 g/mol. The van der Waals surface area contributed by atoms with Crippen molar-refractivity contribution >= 4 is 70.9 Å². The number of anilines is 1. The standard InChI is InChI=1S/C49H46N5O8PS3.HI/c1-53-26-24-39(25-27-53)64-30-34-31-65-46-42(45(56)54(46)43(34)47(57)62-28-33-20-22-38(59-2)23-21-33)51-44(55)40(29-63(58,60-3)61-4)41-32-66-48(50-41)52-49(35-14-8-5-9-15-35,36-16-10-6-11-17-36)37-18-12-7-13-19-37;/h5-27,29,32,42,46H,28,30-31H2,1-4H3,(H-,50,51,52,55);1H/b40-29-;/t42-,46-;/m1./s1. The highest BCUT2D eigenvalue weighted by molar-refractivity contribution is 8.01. The molecule has 2 atom stereocenters. The molecular weight excluding hydrogens is 1040 g/mol. The highest BCUT2D eigenvalue weighted by Gasteiger charge is 2.54. The van der Waals surface area contributed by atoms with Gasteiger partial charge in [0.15, 0.2) is 17.5 Å². The molecule has 0 aliphatic carbocycles. The number of hydrogen-bond acceptors (Lipinski definition) is 13. The van der Waals surface area contributed by atoms with Crippen LogP contribution in [0.25, 0.3) is 5.57 Å². The van der Waals surface area contributed by atoms with Crippen molar-refractivity contribution in [2.45, 2.75) is 28.5 Å². The van der Waals surface area contributed by atoms with Crippen molar-refractivity contribution in [3.63, 3.8) is 0 Å². The number of aryl methyl sites for hydroxylation is 1. The maximum Gasteiger partial charge on any atom is 0.355 e. The summed E-state index contributed by atoms with van der Waals surface area (Å²) in [6, 6.07) is 40.1. The highest BCUT2D eigenvalue weighted by Crippen LogP contribution is 2.51. The number of esters is 1. The number of hydrogen-bond donors (Lipinski definition) is 2. The molecule has 2 aliphatic rings. The number of carbonyl (C=O) groups is 3. The Balaban J connectivity index is 0.00000666. The second-order valence-electron chi connectivity index (χ2n) is 15.2. The molecule has 2 aromatic heterocycles. The number of halogens is 1. The first-order chi connectivity index (χ1) is 32.1. The number of ether oxygens (including phenoxy) is 2. The maximum atomic E-state index is 14.5. The third kappa shape index (κ3) is 10.9. The van der Waals surface area contributed by atoms with Crippen molar-refractivity contribution in [2.75, 3.05) is 38.2 Å². The first-order valence-corrected chi connectivity index (χ1v) is 25.3. The Morgan fingerprint density at radius 2 is 1.46 bits per heavy atom. The van der Waals surface area contributed by atoms with Crippen LogP contribution in [0.5, 0.6) is 5.75 Å². The second-order valence-corrected chi connectivity index (χ2v) is 20.3. The summed E-state index contributed by atoms with van der Waals surface area (Å²) < 4.78 is 37.3. The molecule has 2 N–H and O–H groups in total. The Hall–Kier alpha value is -5.27. The van der Waals surface area contributed by atoms with Gasteiger partial charge in [0.2, 0.25) is 0 Å². The third-order valence-corrected chi connectivity index (χ3v) is 15.9. The van der Waals surface area contributed by atoms with E-state index in [1.165, 1.54) is 42.2 Å². The van der Waals surface area contributed by atoms with Crippen LogP contribution in [0.15, 0.2) is 167 Å². The monoisotopic (exact) mass is 1090 g/mol. The van der Waals surface area contributed by atoms with E-state index in [1.54, 1.807) is 48.5 Å². The molecule has 13 nitrogen and oxygen atoms in total. The van der Waals surface area contributed by atoms with Crippen LogP contribution >= 0.6 is 42.5 Å². The van der Waals surface area contributed by atoms with Gasteiger partial charge in [-0.2, -0.15) is 0 Å². The number of rotatable bonds is 18. The molecule has 0 bridgehead atoms. The zero-order chi connectivity index (χ0) is 46.3. The smallest absolute Gasteiger partial charge is 0.355 e. The molecule has 4 heterocycles. The Morgan fingerprint density at radius 3 is 2.01 bits per heavy atom. The number of benzene rings is 4. The lowest BCUT2D eigenvalue weighted by atomic mass is 9.77. The Morgan fingerprint density at radius 1 is 0.881 bits per heavy atom. The SMILES string of the molecule is COc1ccc(COC(=O)C2=C(CSc3cc[n+](C)cc3)CS[C@@H]3[C@H](NC(=O)/C(=C\P(=O)(OC)OC)c4csc(NC(c5ccccc5)(c5ccccc5)c5ccccc5)n4)C(=O)N23)cc1.[I-]. The van der Waals surface area contributed by atoms with E-state index < -0.39 is 42.3 Å². The molecular formula is C49H47IN5O8PS3. The van der Waals surface area contributed by atoms with Crippen LogP contribution in [0, 0.1) is 0 Å². The predicted octanol–water partition coefficient (Wildman–Crippen LogP) is 5.40. The summed E-state index contributed by atoms with van der Waals surface area (Å²) in [6.45, 7) is -0.0250. The molecule has 2 aliphatic heterocycles. The van der Waals surface area contributed by atoms with Gasteiger partial charge in [-0.05, 0) is 40.0 Å². The van der Waals surface area contributed by atoms with E-state index in [9.17, 15) is 18.9 Å². The molecule has 67 heavy (non-hydrogen) atoms. The van der Waals surface area contributed by atoms with Gasteiger partial charge in [0.25, 0.3) is 11.8 Å². The van der Waals surface area contributed by atoms with Gasteiger partial charge in [-0.25, -0.2) is 14.3 Å². The molecule has 2 amide bonds. The van der Waals surface area contributed by atoms with Crippen LogP contribution in [0.4, 0.5) is 5.13 Å². The summed E-state index contributed by atoms with van der Waals surface area (Å²) in [7, 11) is 1.98. The van der Waals surface area contributed by atoms with Crippen LogP contribution in [-0.4, -0.2) is 71.9 Å². The van der Waals surface area contributed by atoms with E-state index in [-0.39, 0.29) is 47.5 Å². The first kappa shape index (κ1) is 49.6. The molecule has 0 spiro atoms. The predicted molar refractivity (Wildman–Crippen MR) is 258 cm³/mol. The fourth-order valence-electron chi connectivity index (χ4n) is 7.67. The summed E-state index contributed by atoms with van der Waals surface area (Å²) in [5, 5.41) is 8.09. The summed E-state index contributed by atoms with van der Waals surface area (Å²) in [4.78, 5) is 50.1. The van der Waals surface area contributed by atoms with Crippen molar-refractivity contribution in [3.05, 3.63) is 190 Å². The summed E-state index contributed by atoms with van der Waals surface area (Å²) >= 11 is 4.23. The summed E-state index contributed by atoms with van der Waals surface area (Å²) in [5.41, 5.74) is 3.61. The number of pyridine rings is 1. The molecule has 0 saturated carbocycles. The van der Waals surface area contributed by atoms with Crippen LogP contribution in [-0.2, 0) is 51.9 Å². The lowest BCUT2D eigenvalue weighted by Gasteiger charge is -2.49. The van der Waals surface area contributed by atoms with Crippen molar-refractivity contribution in [1.29, 1.82) is 0 Å². The first-order valence-electron chi connectivity index (χ1n) is 20.8. The Labute approximate surface area is 418 Å². The maximum absolute atomic E-state index is 14.5. The molecule has 1 saturated heterocycles. The number of fused-ring (bicyclic) bond motifs is 1. The van der Waals surface area contributed by atoms with Gasteiger partial charge in [-0.3, -0.25) is 19.1 Å². The molecule has 4 aromatic carbocycles. The minimum Gasteiger partial charge on any atom is -1.00 e. The van der Waals surface area contributed by atoms with Gasteiger partial charge in [0, 0.05) is 54.0 Å². The van der Waals surface area contributed by atoms with E-state index >= 15 is 0 Å². The minimum atomic E-state index is -3.97. The molecule has 0 radical (unpaired) electrons. The van der Waals surface area contributed by atoms with E-state index in [2.05, 4.69) is 10.6 Å². The summed E-state index contributed by atoms with van der Waals surface area (Å²) in [5.74, 6) is 0.748. The van der Waals surface area contributed by atoms with Crippen molar-refractivity contribution in [1.82, 2.24) is 15.2 Å². The fraction of sp³-hybridized carbons (Fsp3) is 0.204. The fourth-order valence-corrected chi connectivity index (χ4v) is 11.7. The highest BCUT2D eigenvalue weighted by atomic mass is 127. The lowest BCUT2D eigenvalue weighted by molar-refractivity contribution is -0.671.